The Labute approximate surface area is 131 Å². The largest absolute Gasteiger partial charge is 0.356 e. The second kappa shape index (κ2) is 7.50. The van der Waals surface area contributed by atoms with Gasteiger partial charge in [-0.25, -0.2) is 4.79 Å². The van der Waals surface area contributed by atoms with Crippen molar-refractivity contribution in [1.82, 2.24) is 5.32 Å². The molecule has 4 nitrogen and oxygen atoms in total. The summed E-state index contributed by atoms with van der Waals surface area (Å²) in [6, 6.07) is 16.0. The second-order valence-corrected chi connectivity index (χ2v) is 5.51. The lowest BCUT2D eigenvalue weighted by Gasteiger charge is -2.11. The molecular weight excluding hydrogens is 274 g/mol. The number of hydrogen-bond acceptors (Lipinski definition) is 2. The average molecular weight is 297 g/mol. The lowest BCUT2D eigenvalue weighted by molar-refractivity contribution is 0.250. The maximum Gasteiger partial charge on any atom is 0.319 e. The summed E-state index contributed by atoms with van der Waals surface area (Å²) < 4.78 is 0. The molecule has 2 aromatic rings. The minimum absolute atomic E-state index is 0.118. The van der Waals surface area contributed by atoms with E-state index in [1.54, 1.807) is 0 Å². The Balaban J connectivity index is 1.94. The Morgan fingerprint density at radius 2 is 1.41 bits per heavy atom. The van der Waals surface area contributed by atoms with Gasteiger partial charge in [0.15, 0.2) is 0 Å². The molecule has 0 aromatic heterocycles. The van der Waals surface area contributed by atoms with Crippen LogP contribution in [0.2, 0.25) is 0 Å². The van der Waals surface area contributed by atoms with E-state index in [0.29, 0.717) is 0 Å². The van der Waals surface area contributed by atoms with Gasteiger partial charge in [0.25, 0.3) is 0 Å². The van der Waals surface area contributed by atoms with E-state index in [1.165, 1.54) is 5.56 Å². The average Bonchev–Trinajstić information content (AvgIpc) is 2.49. The number of anilines is 3. The third-order valence-electron chi connectivity index (χ3n) is 3.21. The molecule has 0 spiro atoms. The molecule has 0 aliphatic carbocycles. The van der Waals surface area contributed by atoms with Gasteiger partial charge in [0.1, 0.15) is 0 Å². The summed E-state index contributed by atoms with van der Waals surface area (Å²) in [4.78, 5) is 11.6. The predicted molar refractivity (Wildman–Crippen MR) is 92.8 cm³/mol. The number of aryl methyl sites for hydroxylation is 1. The number of nitrogens with one attached hydrogen (secondary N) is 3. The quantitative estimate of drug-likeness (QED) is 0.760. The van der Waals surface area contributed by atoms with Gasteiger partial charge in [0.05, 0.1) is 0 Å². The van der Waals surface area contributed by atoms with Gasteiger partial charge in [-0.2, -0.15) is 0 Å². The highest BCUT2D eigenvalue weighted by Crippen LogP contribution is 2.19. The van der Waals surface area contributed by atoms with Gasteiger partial charge in [-0.05, 0) is 62.2 Å². The summed E-state index contributed by atoms with van der Waals surface area (Å²) in [6.45, 7) is 6.00. The van der Waals surface area contributed by atoms with Crippen LogP contribution < -0.4 is 16.0 Å². The fourth-order valence-electron chi connectivity index (χ4n) is 2.06. The van der Waals surface area contributed by atoms with Gasteiger partial charge in [-0.1, -0.05) is 19.1 Å². The minimum Gasteiger partial charge on any atom is -0.356 e. The summed E-state index contributed by atoms with van der Waals surface area (Å²) in [5, 5.41) is 8.93. The first-order valence-electron chi connectivity index (χ1n) is 7.60. The van der Waals surface area contributed by atoms with E-state index in [2.05, 4.69) is 47.1 Å². The number of carbonyl (C=O) groups is 1. The maximum absolute atomic E-state index is 11.6. The molecule has 0 unspecified atom stereocenters. The molecule has 0 bridgehead atoms. The van der Waals surface area contributed by atoms with Crippen molar-refractivity contribution in [2.45, 2.75) is 33.2 Å². The molecule has 3 N–H and O–H groups in total. The molecule has 0 saturated heterocycles. The molecule has 0 aliphatic rings. The highest BCUT2D eigenvalue weighted by molar-refractivity contribution is 5.89. The number of amides is 2. The number of urea groups is 1. The first-order valence-corrected chi connectivity index (χ1v) is 7.60. The minimum atomic E-state index is -0.189. The van der Waals surface area contributed by atoms with E-state index in [4.69, 9.17) is 0 Å². The highest BCUT2D eigenvalue weighted by atomic mass is 16.2. The third kappa shape index (κ3) is 4.81. The molecule has 2 amide bonds. The van der Waals surface area contributed by atoms with Crippen molar-refractivity contribution in [2.24, 2.45) is 0 Å². The second-order valence-electron chi connectivity index (χ2n) is 5.51. The van der Waals surface area contributed by atoms with Gasteiger partial charge < -0.3 is 16.0 Å². The van der Waals surface area contributed by atoms with Gasteiger partial charge in [-0.15, -0.1) is 0 Å². The lowest BCUT2D eigenvalue weighted by Crippen LogP contribution is -2.34. The molecule has 0 saturated carbocycles. The first-order chi connectivity index (χ1) is 10.6. The van der Waals surface area contributed by atoms with Crippen molar-refractivity contribution in [1.29, 1.82) is 0 Å². The Morgan fingerprint density at radius 1 is 0.909 bits per heavy atom. The lowest BCUT2D eigenvalue weighted by atomic mass is 10.1. The van der Waals surface area contributed by atoms with Crippen LogP contribution in [0.25, 0.3) is 0 Å². The summed E-state index contributed by atoms with van der Waals surface area (Å²) in [6.07, 6.45) is 1.04. The van der Waals surface area contributed by atoms with Gasteiger partial charge in [-0.3, -0.25) is 0 Å². The van der Waals surface area contributed by atoms with E-state index in [9.17, 15) is 4.79 Å². The van der Waals surface area contributed by atoms with Crippen LogP contribution in [0.4, 0.5) is 21.9 Å². The van der Waals surface area contributed by atoms with Crippen LogP contribution >= 0.6 is 0 Å². The van der Waals surface area contributed by atoms with Crippen molar-refractivity contribution in [3.8, 4) is 0 Å². The Hall–Kier alpha value is -2.49. The normalized spacial score (nSPS) is 10.4. The molecule has 2 aromatic carbocycles. The van der Waals surface area contributed by atoms with Crippen LogP contribution in [0.5, 0.6) is 0 Å². The standard InChI is InChI=1S/C18H23N3O/c1-4-14-5-7-15(8-6-14)20-16-9-11-17(12-10-16)21-18(22)19-13(2)3/h5-13,20H,4H2,1-3H3,(H2,19,21,22). The molecule has 4 heteroatoms. The molecule has 2 rings (SSSR count). The summed E-state index contributed by atoms with van der Waals surface area (Å²) in [7, 11) is 0. The number of benzene rings is 2. The zero-order valence-electron chi connectivity index (χ0n) is 13.3. The van der Waals surface area contributed by atoms with Gasteiger partial charge in [0.2, 0.25) is 0 Å². The van der Waals surface area contributed by atoms with E-state index >= 15 is 0 Å². The molecule has 0 atom stereocenters. The maximum atomic E-state index is 11.6. The van der Waals surface area contributed by atoms with E-state index < -0.39 is 0 Å². The topological polar surface area (TPSA) is 53.2 Å². The fourth-order valence-corrected chi connectivity index (χ4v) is 2.06. The van der Waals surface area contributed by atoms with Crippen LogP contribution in [0.1, 0.15) is 26.3 Å². The van der Waals surface area contributed by atoms with Crippen molar-refractivity contribution in [3.05, 3.63) is 54.1 Å². The van der Waals surface area contributed by atoms with Gasteiger partial charge >= 0.3 is 6.03 Å². The van der Waals surface area contributed by atoms with Crippen molar-refractivity contribution < 1.29 is 4.79 Å². The Bertz CT molecular complexity index is 603. The zero-order valence-corrected chi connectivity index (χ0v) is 13.3. The summed E-state index contributed by atoms with van der Waals surface area (Å²) in [5.74, 6) is 0. The van der Waals surface area contributed by atoms with Crippen LogP contribution in [0.15, 0.2) is 48.5 Å². The predicted octanol–water partition coefficient (Wildman–Crippen LogP) is 4.52. The molecule has 0 radical (unpaired) electrons. The highest BCUT2D eigenvalue weighted by Gasteiger charge is 2.03. The molecule has 0 fully saturated rings. The monoisotopic (exact) mass is 297 g/mol. The van der Waals surface area contributed by atoms with Crippen molar-refractivity contribution in [2.75, 3.05) is 10.6 Å². The van der Waals surface area contributed by atoms with Crippen LogP contribution in [-0.4, -0.2) is 12.1 Å². The number of hydrogen-bond donors (Lipinski definition) is 3. The molecule has 0 heterocycles. The molecule has 22 heavy (non-hydrogen) atoms. The third-order valence-corrected chi connectivity index (χ3v) is 3.21. The summed E-state index contributed by atoms with van der Waals surface area (Å²) in [5.41, 5.74) is 4.13. The van der Waals surface area contributed by atoms with E-state index in [-0.39, 0.29) is 12.1 Å². The fraction of sp³-hybridized carbons (Fsp3) is 0.278. The molecule has 116 valence electrons. The Kier molecular flexibility index (Phi) is 5.42. The first kappa shape index (κ1) is 15.9. The van der Waals surface area contributed by atoms with E-state index in [0.717, 1.165) is 23.5 Å². The smallest absolute Gasteiger partial charge is 0.319 e. The Morgan fingerprint density at radius 3 is 1.91 bits per heavy atom. The van der Waals surface area contributed by atoms with Crippen LogP contribution in [0.3, 0.4) is 0 Å². The number of rotatable bonds is 5. The van der Waals surface area contributed by atoms with Crippen LogP contribution in [0, 0.1) is 0 Å². The number of carbonyl (C=O) groups excluding carboxylic acids is 1. The van der Waals surface area contributed by atoms with Crippen LogP contribution in [-0.2, 0) is 6.42 Å². The molecular formula is C18H23N3O. The SMILES string of the molecule is CCc1ccc(Nc2ccc(NC(=O)NC(C)C)cc2)cc1. The zero-order chi connectivity index (χ0) is 15.9. The van der Waals surface area contributed by atoms with Crippen molar-refractivity contribution in [3.63, 3.8) is 0 Å². The molecule has 0 aliphatic heterocycles. The van der Waals surface area contributed by atoms with E-state index in [1.807, 2.05) is 38.1 Å². The van der Waals surface area contributed by atoms with Crippen molar-refractivity contribution >= 4 is 23.1 Å². The summed E-state index contributed by atoms with van der Waals surface area (Å²) >= 11 is 0. The van der Waals surface area contributed by atoms with Gasteiger partial charge in [0, 0.05) is 23.1 Å².